The number of likely N-dealkylation sites (tertiary alicyclic amines) is 1. The van der Waals surface area contributed by atoms with E-state index in [0.29, 0.717) is 12.3 Å². The van der Waals surface area contributed by atoms with Crippen LogP contribution in [0.3, 0.4) is 0 Å². The van der Waals surface area contributed by atoms with Crippen molar-refractivity contribution in [1.29, 1.82) is 0 Å². The Morgan fingerprint density at radius 2 is 2.39 bits per heavy atom. The van der Waals surface area contributed by atoms with Crippen molar-refractivity contribution in [2.75, 3.05) is 20.2 Å². The van der Waals surface area contributed by atoms with Crippen LogP contribution >= 0.6 is 0 Å². The van der Waals surface area contributed by atoms with Crippen LogP contribution in [0.1, 0.15) is 12.0 Å². The van der Waals surface area contributed by atoms with Crippen LogP contribution in [0.15, 0.2) is 29.4 Å². The molecule has 122 valence electrons. The molecule has 2 unspecified atom stereocenters. The minimum Gasteiger partial charge on any atom is -0.497 e. The van der Waals surface area contributed by atoms with E-state index >= 15 is 0 Å². The summed E-state index contributed by atoms with van der Waals surface area (Å²) in [6, 6.07) is 6.18. The average Bonchev–Trinajstić information content (AvgIpc) is 2.91. The highest BCUT2D eigenvalue weighted by Gasteiger charge is 2.37. The van der Waals surface area contributed by atoms with Crippen molar-refractivity contribution in [3.63, 3.8) is 0 Å². The normalized spacial score (nSPS) is 18.4. The first-order valence-corrected chi connectivity index (χ1v) is 7.21. The molecule has 2 rings (SSSR count). The van der Waals surface area contributed by atoms with E-state index in [2.05, 4.69) is 10.0 Å². The molecule has 0 saturated carbocycles. The zero-order valence-corrected chi connectivity index (χ0v) is 12.8. The van der Waals surface area contributed by atoms with Crippen molar-refractivity contribution < 1.29 is 19.4 Å². The van der Waals surface area contributed by atoms with E-state index in [0.717, 1.165) is 5.56 Å². The molecule has 8 nitrogen and oxygen atoms in total. The summed E-state index contributed by atoms with van der Waals surface area (Å²) >= 11 is 0. The van der Waals surface area contributed by atoms with E-state index in [1.54, 1.807) is 24.3 Å². The average molecular weight is 318 g/mol. The molecule has 1 saturated heterocycles. The van der Waals surface area contributed by atoms with Gasteiger partial charge in [0.15, 0.2) is 0 Å². The first kappa shape index (κ1) is 16.6. The van der Waals surface area contributed by atoms with Gasteiger partial charge in [0.05, 0.1) is 7.11 Å². The quantitative estimate of drug-likeness (QED) is 0.469. The SMILES string of the molecule is COc1cccc(CC(C(=O)O)N2CC(CN=[N+]=[N-])CC2=O)c1. The summed E-state index contributed by atoms with van der Waals surface area (Å²) in [6.07, 6.45) is 0.410. The topological polar surface area (TPSA) is 116 Å². The highest BCUT2D eigenvalue weighted by molar-refractivity contribution is 5.85. The summed E-state index contributed by atoms with van der Waals surface area (Å²) < 4.78 is 5.13. The third-order valence-electron chi connectivity index (χ3n) is 3.87. The summed E-state index contributed by atoms with van der Waals surface area (Å²) in [7, 11) is 1.54. The Bertz CT molecular complexity index is 642. The number of benzene rings is 1. The van der Waals surface area contributed by atoms with Crippen LogP contribution < -0.4 is 4.74 Å². The summed E-state index contributed by atoms with van der Waals surface area (Å²) in [5.41, 5.74) is 9.13. The number of amides is 1. The highest BCUT2D eigenvalue weighted by Crippen LogP contribution is 2.23. The molecule has 1 aromatic carbocycles. The first-order valence-electron chi connectivity index (χ1n) is 7.21. The summed E-state index contributed by atoms with van der Waals surface area (Å²) in [5.74, 6) is -0.768. The lowest BCUT2D eigenvalue weighted by molar-refractivity contribution is -0.148. The van der Waals surface area contributed by atoms with Gasteiger partial charge >= 0.3 is 5.97 Å². The van der Waals surface area contributed by atoms with Crippen LogP contribution in [0, 0.1) is 5.92 Å². The number of aliphatic carboxylic acids is 1. The lowest BCUT2D eigenvalue weighted by Gasteiger charge is -2.25. The number of ether oxygens (including phenoxy) is 1. The van der Waals surface area contributed by atoms with Crippen LogP contribution in [0.4, 0.5) is 0 Å². The Morgan fingerprint density at radius 1 is 1.61 bits per heavy atom. The largest absolute Gasteiger partial charge is 0.497 e. The molecular weight excluding hydrogens is 300 g/mol. The van der Waals surface area contributed by atoms with E-state index in [4.69, 9.17) is 10.3 Å². The number of carbonyl (C=O) groups is 2. The van der Waals surface area contributed by atoms with Gasteiger partial charge in [0, 0.05) is 30.8 Å². The lowest BCUT2D eigenvalue weighted by Crippen LogP contribution is -2.43. The molecule has 1 heterocycles. The number of rotatable bonds is 7. The standard InChI is InChI=1S/C15H18N4O4/c1-23-12-4-2-3-10(5-12)6-13(15(21)22)19-9-11(7-14(19)20)8-17-18-16/h2-5,11,13H,6-9H2,1H3,(H,21,22). The van der Waals surface area contributed by atoms with Gasteiger partial charge in [-0.1, -0.05) is 17.2 Å². The molecule has 1 N–H and O–H groups in total. The first-order chi connectivity index (χ1) is 11.0. The smallest absolute Gasteiger partial charge is 0.326 e. The van der Waals surface area contributed by atoms with E-state index in [-0.39, 0.29) is 31.2 Å². The van der Waals surface area contributed by atoms with E-state index in [1.165, 1.54) is 12.0 Å². The summed E-state index contributed by atoms with van der Waals surface area (Å²) in [6.45, 7) is 0.489. The van der Waals surface area contributed by atoms with Gasteiger partial charge in [-0.25, -0.2) is 4.79 Å². The maximum atomic E-state index is 12.1. The number of carboxylic acids is 1. The molecule has 1 aliphatic rings. The fraction of sp³-hybridized carbons (Fsp3) is 0.467. The Morgan fingerprint density at radius 3 is 3.04 bits per heavy atom. The van der Waals surface area contributed by atoms with E-state index in [1.807, 2.05) is 0 Å². The van der Waals surface area contributed by atoms with Crippen LogP contribution in [-0.4, -0.2) is 48.1 Å². The minimum absolute atomic E-state index is 0.134. The van der Waals surface area contributed by atoms with Crippen molar-refractivity contribution in [3.8, 4) is 5.75 Å². The molecule has 8 heteroatoms. The zero-order valence-electron chi connectivity index (χ0n) is 12.8. The molecular formula is C15H18N4O4. The second-order valence-corrected chi connectivity index (χ2v) is 5.44. The monoisotopic (exact) mass is 318 g/mol. The molecule has 1 aromatic rings. The molecule has 0 aromatic heterocycles. The lowest BCUT2D eigenvalue weighted by atomic mass is 10.0. The van der Waals surface area contributed by atoms with Gasteiger partial charge in [-0.05, 0) is 29.1 Å². The van der Waals surface area contributed by atoms with Gasteiger partial charge in [-0.3, -0.25) is 4.79 Å². The molecule has 2 atom stereocenters. The van der Waals surface area contributed by atoms with Gasteiger partial charge < -0.3 is 14.7 Å². The van der Waals surface area contributed by atoms with Gasteiger partial charge in [0.2, 0.25) is 5.91 Å². The number of nitrogens with zero attached hydrogens (tertiary/aromatic N) is 4. The molecule has 1 amide bonds. The highest BCUT2D eigenvalue weighted by atomic mass is 16.5. The van der Waals surface area contributed by atoms with Crippen molar-refractivity contribution in [2.24, 2.45) is 11.0 Å². The van der Waals surface area contributed by atoms with Crippen molar-refractivity contribution in [1.82, 2.24) is 4.90 Å². The second kappa shape index (κ2) is 7.51. The third kappa shape index (κ3) is 4.14. The molecule has 23 heavy (non-hydrogen) atoms. The Hall–Kier alpha value is -2.73. The molecule has 0 aliphatic carbocycles. The van der Waals surface area contributed by atoms with Crippen LogP contribution in [0.25, 0.3) is 10.4 Å². The van der Waals surface area contributed by atoms with Crippen molar-refractivity contribution in [2.45, 2.75) is 18.9 Å². The fourth-order valence-corrected chi connectivity index (χ4v) is 2.74. The second-order valence-electron chi connectivity index (χ2n) is 5.44. The number of hydrogen-bond acceptors (Lipinski definition) is 4. The number of carbonyl (C=O) groups excluding carboxylic acids is 1. The third-order valence-corrected chi connectivity index (χ3v) is 3.87. The van der Waals surface area contributed by atoms with Gasteiger partial charge in [-0.15, -0.1) is 0 Å². The maximum absolute atomic E-state index is 12.1. The number of methoxy groups -OCH3 is 1. The van der Waals surface area contributed by atoms with E-state index in [9.17, 15) is 14.7 Å². The Kier molecular flexibility index (Phi) is 5.43. The molecule has 1 aliphatic heterocycles. The van der Waals surface area contributed by atoms with Gasteiger partial charge in [0.1, 0.15) is 11.8 Å². The number of azide groups is 1. The molecule has 0 spiro atoms. The maximum Gasteiger partial charge on any atom is 0.326 e. The number of hydrogen-bond donors (Lipinski definition) is 1. The molecule has 0 bridgehead atoms. The van der Waals surface area contributed by atoms with Crippen LogP contribution in [0.5, 0.6) is 5.75 Å². The minimum atomic E-state index is -1.05. The zero-order chi connectivity index (χ0) is 16.8. The Balaban J connectivity index is 2.13. The molecule has 1 fully saturated rings. The number of carboxylic acid groups (broad SMARTS) is 1. The summed E-state index contributed by atoms with van der Waals surface area (Å²) in [5, 5.41) is 13.0. The van der Waals surface area contributed by atoms with Crippen LogP contribution in [0.2, 0.25) is 0 Å². The van der Waals surface area contributed by atoms with Crippen LogP contribution in [-0.2, 0) is 16.0 Å². The molecule has 0 radical (unpaired) electrons. The predicted molar refractivity (Wildman–Crippen MR) is 82.0 cm³/mol. The van der Waals surface area contributed by atoms with Crippen molar-refractivity contribution in [3.05, 3.63) is 40.3 Å². The Labute approximate surface area is 133 Å². The fourth-order valence-electron chi connectivity index (χ4n) is 2.74. The van der Waals surface area contributed by atoms with Gasteiger partial charge in [-0.2, -0.15) is 0 Å². The van der Waals surface area contributed by atoms with E-state index < -0.39 is 12.0 Å². The predicted octanol–water partition coefficient (Wildman–Crippen LogP) is 1.85. The van der Waals surface area contributed by atoms with Gasteiger partial charge in [0.25, 0.3) is 0 Å². The summed E-state index contributed by atoms with van der Waals surface area (Å²) in [4.78, 5) is 27.8. The van der Waals surface area contributed by atoms with Crippen molar-refractivity contribution >= 4 is 11.9 Å².